The zero-order chi connectivity index (χ0) is 19.5. The number of rotatable bonds is 5. The van der Waals surface area contributed by atoms with E-state index >= 15 is 0 Å². The average Bonchev–Trinajstić information content (AvgIpc) is 2.61. The molecule has 1 fully saturated rings. The van der Waals surface area contributed by atoms with Gasteiger partial charge in [-0.05, 0) is 26.0 Å². The predicted octanol–water partition coefficient (Wildman–Crippen LogP) is 1.41. The highest BCUT2D eigenvalue weighted by Crippen LogP contribution is 2.25. The molecule has 26 heavy (non-hydrogen) atoms. The number of likely N-dealkylation sites (N-methyl/N-ethyl adjacent to an activating group) is 1. The lowest BCUT2D eigenvalue weighted by Gasteiger charge is -2.36. The molecular formula is C17H23ClN4O3S. The number of benzene rings is 1. The van der Waals surface area contributed by atoms with Gasteiger partial charge in [0, 0.05) is 33.2 Å². The number of amides is 1. The van der Waals surface area contributed by atoms with Crippen LogP contribution in [0.4, 0.5) is 0 Å². The van der Waals surface area contributed by atoms with Crippen LogP contribution in [0.15, 0.2) is 29.2 Å². The van der Waals surface area contributed by atoms with E-state index in [4.69, 9.17) is 16.9 Å². The lowest BCUT2D eigenvalue weighted by molar-refractivity contribution is -0.134. The highest BCUT2D eigenvalue weighted by atomic mass is 35.5. The number of nitriles is 1. The number of carbonyl (C=O) groups is 1. The van der Waals surface area contributed by atoms with Crippen molar-refractivity contribution in [1.82, 2.24) is 14.1 Å². The van der Waals surface area contributed by atoms with Crippen molar-refractivity contribution < 1.29 is 13.2 Å². The molecule has 0 saturated carbocycles. The standard InChI is InChI=1S/C17H23ClN4O3S/c1-17(2,13-19)20(3)16(23)12-21-8-10-22(11-9-21)26(24,25)15-7-5-4-6-14(15)18/h4-7H,8-12H2,1-3H3. The van der Waals surface area contributed by atoms with Gasteiger partial charge in [-0.3, -0.25) is 9.69 Å². The minimum atomic E-state index is -3.65. The van der Waals surface area contributed by atoms with Gasteiger partial charge in [0.05, 0.1) is 17.6 Å². The molecule has 1 amide bonds. The van der Waals surface area contributed by atoms with E-state index in [0.717, 1.165) is 0 Å². The van der Waals surface area contributed by atoms with Crippen LogP contribution in [0, 0.1) is 11.3 Å². The van der Waals surface area contributed by atoms with E-state index in [1.807, 2.05) is 4.90 Å². The fourth-order valence-electron chi connectivity index (χ4n) is 2.61. The molecule has 142 valence electrons. The van der Waals surface area contributed by atoms with Crippen molar-refractivity contribution in [2.45, 2.75) is 24.3 Å². The van der Waals surface area contributed by atoms with Gasteiger partial charge in [-0.1, -0.05) is 23.7 Å². The smallest absolute Gasteiger partial charge is 0.244 e. The Hall–Kier alpha value is -1.66. The van der Waals surface area contributed by atoms with Crippen LogP contribution in [-0.4, -0.2) is 73.7 Å². The molecule has 9 heteroatoms. The monoisotopic (exact) mass is 398 g/mol. The number of nitrogens with zero attached hydrogens (tertiary/aromatic N) is 4. The minimum Gasteiger partial charge on any atom is -0.326 e. The second kappa shape index (κ2) is 7.92. The number of hydrogen-bond acceptors (Lipinski definition) is 5. The molecule has 0 aliphatic carbocycles. The lowest BCUT2D eigenvalue weighted by atomic mass is 10.1. The number of hydrogen-bond donors (Lipinski definition) is 0. The Labute approximate surface area is 159 Å². The molecule has 0 atom stereocenters. The molecule has 7 nitrogen and oxygen atoms in total. The molecule has 0 spiro atoms. The third-order valence-corrected chi connectivity index (χ3v) is 7.03. The summed E-state index contributed by atoms with van der Waals surface area (Å²) in [5.74, 6) is -0.168. The van der Waals surface area contributed by atoms with E-state index in [1.54, 1.807) is 39.1 Å². The van der Waals surface area contributed by atoms with Crippen molar-refractivity contribution in [2.75, 3.05) is 39.8 Å². The van der Waals surface area contributed by atoms with Crippen LogP contribution in [0.5, 0.6) is 0 Å². The van der Waals surface area contributed by atoms with Gasteiger partial charge in [0.25, 0.3) is 0 Å². The number of halogens is 1. The van der Waals surface area contributed by atoms with Crippen molar-refractivity contribution in [3.8, 4) is 6.07 Å². The Morgan fingerprint density at radius 1 is 1.27 bits per heavy atom. The molecule has 1 aromatic carbocycles. The van der Waals surface area contributed by atoms with Crippen molar-refractivity contribution >= 4 is 27.5 Å². The van der Waals surface area contributed by atoms with Crippen molar-refractivity contribution in [3.05, 3.63) is 29.3 Å². The highest BCUT2D eigenvalue weighted by molar-refractivity contribution is 7.89. The van der Waals surface area contributed by atoms with Crippen LogP contribution < -0.4 is 0 Å². The average molecular weight is 399 g/mol. The molecule has 0 aromatic heterocycles. The number of piperazine rings is 1. The first kappa shape index (κ1) is 20.6. The van der Waals surface area contributed by atoms with E-state index in [0.29, 0.717) is 13.1 Å². The molecule has 1 saturated heterocycles. The number of carbonyl (C=O) groups excluding carboxylic acids is 1. The summed E-state index contributed by atoms with van der Waals surface area (Å²) in [7, 11) is -2.05. The van der Waals surface area contributed by atoms with Crippen LogP contribution >= 0.6 is 11.6 Å². The van der Waals surface area contributed by atoms with Gasteiger partial charge >= 0.3 is 0 Å². The summed E-state index contributed by atoms with van der Waals surface area (Å²) in [5.41, 5.74) is -0.883. The molecule has 1 aromatic rings. The van der Waals surface area contributed by atoms with Crippen LogP contribution in [0.3, 0.4) is 0 Å². The third kappa shape index (κ3) is 4.35. The van der Waals surface area contributed by atoms with Crippen molar-refractivity contribution in [2.24, 2.45) is 0 Å². The van der Waals surface area contributed by atoms with Crippen LogP contribution in [-0.2, 0) is 14.8 Å². The first-order valence-electron chi connectivity index (χ1n) is 8.24. The SMILES string of the molecule is CN(C(=O)CN1CCN(S(=O)(=O)c2ccccc2Cl)CC1)C(C)(C)C#N. The minimum absolute atomic E-state index is 0.0988. The third-order valence-electron chi connectivity index (χ3n) is 4.63. The van der Waals surface area contributed by atoms with Gasteiger partial charge in [-0.2, -0.15) is 9.57 Å². The fourth-order valence-corrected chi connectivity index (χ4v) is 4.52. The van der Waals surface area contributed by atoms with Gasteiger partial charge in [-0.25, -0.2) is 8.42 Å². The van der Waals surface area contributed by atoms with Gasteiger partial charge in [-0.15, -0.1) is 0 Å². The molecule has 0 bridgehead atoms. The predicted molar refractivity (Wildman–Crippen MR) is 99.1 cm³/mol. The van der Waals surface area contributed by atoms with E-state index in [9.17, 15) is 13.2 Å². The Kier molecular flexibility index (Phi) is 6.29. The van der Waals surface area contributed by atoms with Crippen LogP contribution in [0.1, 0.15) is 13.8 Å². The molecular weight excluding hydrogens is 376 g/mol. The maximum Gasteiger partial charge on any atom is 0.244 e. The Bertz CT molecular complexity index is 812. The summed E-state index contributed by atoms with van der Waals surface area (Å²) >= 11 is 6.02. The summed E-state index contributed by atoms with van der Waals surface area (Å²) in [6, 6.07) is 8.46. The highest BCUT2D eigenvalue weighted by Gasteiger charge is 2.32. The largest absolute Gasteiger partial charge is 0.326 e. The Morgan fingerprint density at radius 2 is 1.85 bits per heavy atom. The number of sulfonamides is 1. The second-order valence-corrected chi connectivity index (χ2v) is 9.05. The topological polar surface area (TPSA) is 84.7 Å². The molecule has 1 heterocycles. The molecule has 2 rings (SSSR count). The van der Waals surface area contributed by atoms with E-state index in [-0.39, 0.29) is 35.5 Å². The summed E-state index contributed by atoms with van der Waals surface area (Å²) in [6.45, 7) is 4.96. The molecule has 0 radical (unpaired) electrons. The normalized spacial score (nSPS) is 16.9. The van der Waals surface area contributed by atoms with Crippen LogP contribution in [0.2, 0.25) is 5.02 Å². The van der Waals surface area contributed by atoms with Gasteiger partial charge in [0.15, 0.2) is 0 Å². The zero-order valence-electron chi connectivity index (χ0n) is 15.1. The van der Waals surface area contributed by atoms with E-state index < -0.39 is 15.6 Å². The van der Waals surface area contributed by atoms with E-state index in [1.165, 1.54) is 15.3 Å². The maximum atomic E-state index is 12.7. The first-order valence-corrected chi connectivity index (χ1v) is 10.1. The summed E-state index contributed by atoms with van der Waals surface area (Å²) in [5, 5.41) is 9.33. The first-order chi connectivity index (χ1) is 12.1. The molecule has 1 aliphatic heterocycles. The fraction of sp³-hybridized carbons (Fsp3) is 0.529. The Balaban J connectivity index is 1.99. The molecule has 0 N–H and O–H groups in total. The van der Waals surface area contributed by atoms with Gasteiger partial charge in [0.1, 0.15) is 10.4 Å². The quantitative estimate of drug-likeness (QED) is 0.748. The van der Waals surface area contributed by atoms with Gasteiger partial charge in [0.2, 0.25) is 15.9 Å². The maximum absolute atomic E-state index is 12.7. The second-order valence-electron chi connectivity index (χ2n) is 6.73. The zero-order valence-corrected chi connectivity index (χ0v) is 16.7. The van der Waals surface area contributed by atoms with E-state index in [2.05, 4.69) is 6.07 Å². The molecule has 1 aliphatic rings. The summed E-state index contributed by atoms with van der Waals surface area (Å²) in [4.78, 5) is 15.8. The van der Waals surface area contributed by atoms with Crippen molar-refractivity contribution in [1.29, 1.82) is 5.26 Å². The summed E-state index contributed by atoms with van der Waals surface area (Å²) < 4.78 is 26.8. The summed E-state index contributed by atoms with van der Waals surface area (Å²) in [6.07, 6.45) is 0. The van der Waals surface area contributed by atoms with Crippen molar-refractivity contribution in [3.63, 3.8) is 0 Å². The van der Waals surface area contributed by atoms with Gasteiger partial charge < -0.3 is 4.90 Å². The lowest BCUT2D eigenvalue weighted by Crippen LogP contribution is -2.53. The van der Waals surface area contributed by atoms with Crippen LogP contribution in [0.25, 0.3) is 0 Å². The molecule has 0 unspecified atom stereocenters. The Morgan fingerprint density at radius 3 is 2.38 bits per heavy atom.